The molecule has 316 valence electrons. The van der Waals surface area contributed by atoms with Crippen molar-refractivity contribution in [2.45, 2.75) is 127 Å². The number of fused-ring (bicyclic) bond motifs is 1. The first-order chi connectivity index (χ1) is 26.3. The Balaban J connectivity index is 0.00000117. The number of rotatable bonds is 9. The van der Waals surface area contributed by atoms with Crippen LogP contribution in [0.5, 0.6) is 5.75 Å². The number of anilines is 1. The number of alkyl halides is 6. The van der Waals surface area contributed by atoms with Crippen LogP contribution in [-0.2, 0) is 22.7 Å². The highest BCUT2D eigenvalue weighted by atomic mass is 32.2. The predicted octanol–water partition coefficient (Wildman–Crippen LogP) is 8.68. The van der Waals surface area contributed by atoms with Crippen molar-refractivity contribution in [3.8, 4) is 5.75 Å². The summed E-state index contributed by atoms with van der Waals surface area (Å²) in [5.41, 5.74) is 0.273. The van der Waals surface area contributed by atoms with Crippen LogP contribution in [0.2, 0.25) is 0 Å². The SMILES string of the molecule is CC(C)(O)CCOc1cnc(N2CCC(c3nc4c(c(C5CCC(F)(F)CC5)c3[C@@H](F)c3ccc(C(F)(F)F)cc3)[C@@H](O)CC(C)(C)C4)CC2)nc1.CS(=O)(=O)O. The van der Waals surface area contributed by atoms with E-state index in [0.717, 1.165) is 24.3 Å². The van der Waals surface area contributed by atoms with Crippen molar-refractivity contribution in [2.24, 2.45) is 5.41 Å². The number of aliphatic hydroxyl groups is 2. The van der Waals surface area contributed by atoms with Gasteiger partial charge in [-0.3, -0.25) is 9.54 Å². The first-order valence-electron chi connectivity index (χ1n) is 19.1. The van der Waals surface area contributed by atoms with Crippen molar-refractivity contribution in [3.63, 3.8) is 0 Å². The van der Waals surface area contributed by atoms with Gasteiger partial charge in [0.2, 0.25) is 11.9 Å². The molecule has 57 heavy (non-hydrogen) atoms. The summed E-state index contributed by atoms with van der Waals surface area (Å²) in [4.78, 5) is 16.1. The van der Waals surface area contributed by atoms with Crippen LogP contribution in [0.1, 0.15) is 142 Å². The Labute approximate surface area is 329 Å². The minimum Gasteiger partial charge on any atom is -0.490 e. The molecule has 1 aliphatic heterocycles. The number of aromatic nitrogens is 3. The number of benzene rings is 1. The number of halogens is 6. The van der Waals surface area contributed by atoms with Crippen LogP contribution in [0.25, 0.3) is 0 Å². The summed E-state index contributed by atoms with van der Waals surface area (Å²) in [6.45, 7) is 8.78. The van der Waals surface area contributed by atoms with Crippen LogP contribution in [0.15, 0.2) is 36.7 Å². The van der Waals surface area contributed by atoms with E-state index in [-0.39, 0.29) is 48.1 Å². The number of pyridine rings is 1. The van der Waals surface area contributed by atoms with Crippen LogP contribution in [0.4, 0.5) is 32.3 Å². The fraction of sp³-hybridized carbons (Fsp3) is 0.625. The van der Waals surface area contributed by atoms with E-state index in [1.165, 1.54) is 0 Å². The second-order valence-electron chi connectivity index (χ2n) is 17.0. The molecule has 1 saturated heterocycles. The Morgan fingerprint density at radius 1 is 0.965 bits per heavy atom. The monoisotopic (exact) mass is 830 g/mol. The first-order valence-corrected chi connectivity index (χ1v) is 20.9. The fourth-order valence-electron chi connectivity index (χ4n) is 8.03. The average molecular weight is 831 g/mol. The van der Waals surface area contributed by atoms with Crippen LogP contribution in [-0.4, -0.2) is 75.6 Å². The second-order valence-corrected chi connectivity index (χ2v) is 18.4. The van der Waals surface area contributed by atoms with Gasteiger partial charge in [-0.15, -0.1) is 0 Å². The number of ether oxygens (including phenoxy) is 1. The first kappa shape index (κ1) is 44.6. The predicted molar refractivity (Wildman–Crippen MR) is 202 cm³/mol. The van der Waals surface area contributed by atoms with Crippen molar-refractivity contribution < 1.29 is 54.3 Å². The molecule has 6 rings (SSSR count). The third-order valence-electron chi connectivity index (χ3n) is 10.8. The van der Waals surface area contributed by atoms with E-state index >= 15 is 4.39 Å². The Bertz CT molecular complexity index is 1930. The van der Waals surface area contributed by atoms with Gasteiger partial charge >= 0.3 is 6.18 Å². The van der Waals surface area contributed by atoms with Crippen LogP contribution in [0.3, 0.4) is 0 Å². The molecule has 2 atom stereocenters. The molecule has 17 heteroatoms. The van der Waals surface area contributed by atoms with Crippen LogP contribution < -0.4 is 9.64 Å². The molecule has 0 bridgehead atoms. The summed E-state index contributed by atoms with van der Waals surface area (Å²) >= 11 is 0. The maximum atomic E-state index is 17.3. The molecule has 3 aromatic rings. The Morgan fingerprint density at radius 2 is 1.53 bits per heavy atom. The maximum Gasteiger partial charge on any atom is 0.416 e. The highest BCUT2D eigenvalue weighted by Crippen LogP contribution is 2.52. The standard InChI is InChI=1S/C39H48F6N4O3.CH4O3S/c1-36(2)19-28-31(29(50)20-36)30(23-9-13-38(41,42)14-10-23)32(33(40)24-5-7-26(8-6-24)39(43,44)45)34(48-28)25-11-16-49(17-12-25)35-46-21-27(22-47-35)52-18-15-37(3,4)51;1-5(2,3)4/h5-8,21-23,25,29,33,50-51H,9-20H2,1-4H3;1H3,(H,2,3,4)/t29-,33-;/m0./s1. The summed E-state index contributed by atoms with van der Waals surface area (Å²) in [5, 5.41) is 21.5. The summed E-state index contributed by atoms with van der Waals surface area (Å²) < 4.78 is 118. The molecule has 0 amide bonds. The highest BCUT2D eigenvalue weighted by molar-refractivity contribution is 7.85. The van der Waals surface area contributed by atoms with Gasteiger partial charge in [0, 0.05) is 55.1 Å². The zero-order chi connectivity index (χ0) is 42.1. The van der Waals surface area contributed by atoms with Crippen molar-refractivity contribution in [3.05, 3.63) is 75.9 Å². The second kappa shape index (κ2) is 17.0. The number of nitrogens with zero attached hydrogens (tertiary/aromatic N) is 4. The van der Waals surface area contributed by atoms with Gasteiger partial charge in [-0.2, -0.15) is 21.6 Å². The normalized spacial score (nSPS) is 20.9. The zero-order valence-electron chi connectivity index (χ0n) is 32.8. The third kappa shape index (κ3) is 12.0. The van der Waals surface area contributed by atoms with Gasteiger partial charge in [-0.05, 0) is 87.0 Å². The lowest BCUT2D eigenvalue weighted by molar-refractivity contribution is -0.137. The smallest absolute Gasteiger partial charge is 0.416 e. The molecule has 2 fully saturated rings. The summed E-state index contributed by atoms with van der Waals surface area (Å²) in [6.07, 6.45) is -1.74. The molecule has 2 aliphatic carbocycles. The van der Waals surface area contributed by atoms with E-state index in [9.17, 15) is 40.6 Å². The molecule has 0 spiro atoms. The van der Waals surface area contributed by atoms with Gasteiger partial charge in [-0.25, -0.2) is 23.1 Å². The van der Waals surface area contributed by atoms with Gasteiger partial charge in [0.1, 0.15) is 0 Å². The van der Waals surface area contributed by atoms with Crippen molar-refractivity contribution >= 4 is 16.1 Å². The molecule has 0 radical (unpaired) electrons. The summed E-state index contributed by atoms with van der Waals surface area (Å²) in [6, 6.07) is 3.97. The molecule has 1 aromatic carbocycles. The van der Waals surface area contributed by atoms with Crippen LogP contribution >= 0.6 is 0 Å². The molecule has 0 unspecified atom stereocenters. The van der Waals surface area contributed by atoms with Gasteiger partial charge in [0.05, 0.1) is 48.2 Å². The van der Waals surface area contributed by atoms with E-state index in [0.29, 0.717) is 92.3 Å². The molecule has 3 heterocycles. The fourth-order valence-corrected chi connectivity index (χ4v) is 8.03. The molecular formula is C40H52F6N4O6S. The number of hydrogen-bond donors (Lipinski definition) is 3. The van der Waals surface area contributed by atoms with Gasteiger partial charge in [0.25, 0.3) is 10.1 Å². The van der Waals surface area contributed by atoms with E-state index in [4.69, 9.17) is 14.3 Å². The van der Waals surface area contributed by atoms with Crippen molar-refractivity contribution in [1.29, 1.82) is 0 Å². The lowest BCUT2D eigenvalue weighted by Gasteiger charge is -2.41. The van der Waals surface area contributed by atoms with Gasteiger partial charge in [0.15, 0.2) is 11.9 Å². The van der Waals surface area contributed by atoms with E-state index in [2.05, 4.69) is 9.97 Å². The summed E-state index contributed by atoms with van der Waals surface area (Å²) in [7, 11) is -3.67. The van der Waals surface area contributed by atoms with Gasteiger partial charge < -0.3 is 19.8 Å². The Hall–Kier alpha value is -3.54. The lowest BCUT2D eigenvalue weighted by Crippen LogP contribution is -2.36. The van der Waals surface area contributed by atoms with E-state index in [1.807, 2.05) is 18.7 Å². The Morgan fingerprint density at radius 3 is 2.05 bits per heavy atom. The van der Waals surface area contributed by atoms with E-state index in [1.54, 1.807) is 26.2 Å². The molecule has 2 aromatic heterocycles. The zero-order valence-corrected chi connectivity index (χ0v) is 33.6. The molecule has 3 aliphatic rings. The summed E-state index contributed by atoms with van der Waals surface area (Å²) in [5.74, 6) is -2.59. The van der Waals surface area contributed by atoms with E-state index < -0.39 is 51.6 Å². The highest BCUT2D eigenvalue weighted by Gasteiger charge is 2.44. The molecule has 3 N–H and O–H groups in total. The quantitative estimate of drug-likeness (QED) is 0.142. The number of piperidine rings is 1. The third-order valence-corrected chi connectivity index (χ3v) is 10.8. The minimum atomic E-state index is -4.60. The lowest BCUT2D eigenvalue weighted by atomic mass is 9.68. The van der Waals surface area contributed by atoms with Crippen molar-refractivity contribution in [1.82, 2.24) is 15.0 Å². The van der Waals surface area contributed by atoms with Crippen molar-refractivity contribution in [2.75, 3.05) is 30.9 Å². The number of aliphatic hydroxyl groups excluding tert-OH is 1. The minimum absolute atomic E-state index is 0.0136. The topological polar surface area (TPSA) is 146 Å². The van der Waals surface area contributed by atoms with Crippen LogP contribution in [0, 0.1) is 5.41 Å². The average Bonchev–Trinajstić information content (AvgIpc) is 3.09. The Kier molecular flexibility index (Phi) is 13.3. The number of hydrogen-bond acceptors (Lipinski definition) is 9. The maximum absolute atomic E-state index is 17.3. The molecular weight excluding hydrogens is 779 g/mol. The largest absolute Gasteiger partial charge is 0.490 e. The molecule has 1 saturated carbocycles. The molecule has 10 nitrogen and oxygen atoms in total. The van der Waals surface area contributed by atoms with Gasteiger partial charge in [-0.1, -0.05) is 26.0 Å².